The molecule has 0 amide bonds. The fourth-order valence-electron chi connectivity index (χ4n) is 4.12. The lowest BCUT2D eigenvalue weighted by Crippen LogP contribution is -2.55. The molecular formula is C19H24O5. The van der Waals surface area contributed by atoms with Crippen molar-refractivity contribution < 1.29 is 24.2 Å². The first-order valence-corrected chi connectivity index (χ1v) is 8.46. The molecule has 2 aliphatic rings. The van der Waals surface area contributed by atoms with Gasteiger partial charge in [0, 0.05) is 0 Å². The number of cyclic esters (lactones) is 1. The number of hydrogen-bond donors (Lipinski definition) is 1. The zero-order chi connectivity index (χ0) is 17.5. The monoisotopic (exact) mass is 332 g/mol. The van der Waals surface area contributed by atoms with E-state index in [2.05, 4.69) is 0 Å². The molecule has 0 radical (unpaired) electrons. The standard InChI is InChI=1S/C19H24O5/c1-18(2)15(12-7-8-13(20)14(11-12)23-3)24-17(22)19(16(18)21)9-5-4-6-10-19/h7-8,11,15,20H,4-6,9-10H2,1-3H3/t15-/m1/s1. The van der Waals surface area contributed by atoms with Crippen LogP contribution in [-0.4, -0.2) is 24.0 Å². The van der Waals surface area contributed by atoms with E-state index in [1.54, 1.807) is 12.1 Å². The molecule has 0 aromatic heterocycles. The third-order valence-electron chi connectivity index (χ3n) is 5.50. The Morgan fingerprint density at radius 1 is 1.17 bits per heavy atom. The Morgan fingerprint density at radius 2 is 1.83 bits per heavy atom. The Bertz CT molecular complexity index is 670. The maximum absolute atomic E-state index is 13.3. The number of hydrogen-bond acceptors (Lipinski definition) is 5. The fraction of sp³-hybridized carbons (Fsp3) is 0.579. The first-order valence-electron chi connectivity index (χ1n) is 8.46. The van der Waals surface area contributed by atoms with Crippen LogP contribution in [0.5, 0.6) is 11.5 Å². The van der Waals surface area contributed by atoms with Gasteiger partial charge in [-0.25, -0.2) is 0 Å². The molecule has 1 aromatic carbocycles. The minimum atomic E-state index is -0.973. The number of carbonyl (C=O) groups is 2. The highest BCUT2D eigenvalue weighted by molar-refractivity contribution is 6.08. The Labute approximate surface area is 142 Å². The number of rotatable bonds is 2. The van der Waals surface area contributed by atoms with E-state index in [4.69, 9.17) is 9.47 Å². The summed E-state index contributed by atoms with van der Waals surface area (Å²) >= 11 is 0. The molecule has 0 bridgehead atoms. The summed E-state index contributed by atoms with van der Waals surface area (Å²) in [6, 6.07) is 4.79. The largest absolute Gasteiger partial charge is 0.504 e. The molecule has 1 spiro atoms. The van der Waals surface area contributed by atoms with E-state index in [0.29, 0.717) is 24.2 Å². The number of benzene rings is 1. The van der Waals surface area contributed by atoms with Gasteiger partial charge >= 0.3 is 5.97 Å². The Kier molecular flexibility index (Phi) is 4.06. The van der Waals surface area contributed by atoms with Crippen molar-refractivity contribution in [1.29, 1.82) is 0 Å². The van der Waals surface area contributed by atoms with Crippen molar-refractivity contribution in [3.8, 4) is 11.5 Å². The lowest BCUT2D eigenvalue weighted by Gasteiger charge is -2.47. The summed E-state index contributed by atoms with van der Waals surface area (Å²) in [6.45, 7) is 3.67. The fourth-order valence-corrected chi connectivity index (χ4v) is 4.12. The molecule has 5 nitrogen and oxygen atoms in total. The van der Waals surface area contributed by atoms with Gasteiger partial charge in [0.25, 0.3) is 0 Å². The number of aromatic hydroxyl groups is 1. The first kappa shape index (κ1) is 16.8. The topological polar surface area (TPSA) is 72.8 Å². The molecule has 5 heteroatoms. The molecule has 1 aliphatic heterocycles. The number of ketones is 1. The van der Waals surface area contributed by atoms with Crippen molar-refractivity contribution in [2.45, 2.75) is 52.1 Å². The number of esters is 1. The smallest absolute Gasteiger partial charge is 0.320 e. The lowest BCUT2D eigenvalue weighted by molar-refractivity contribution is -0.192. The molecule has 24 heavy (non-hydrogen) atoms. The van der Waals surface area contributed by atoms with E-state index in [-0.39, 0.29) is 11.5 Å². The van der Waals surface area contributed by atoms with Gasteiger partial charge in [0.2, 0.25) is 0 Å². The number of carbonyl (C=O) groups excluding carboxylic acids is 2. The van der Waals surface area contributed by atoms with Crippen molar-refractivity contribution in [2.75, 3.05) is 7.11 Å². The summed E-state index contributed by atoms with van der Waals surface area (Å²) in [7, 11) is 1.46. The molecular weight excluding hydrogens is 308 g/mol. The van der Waals surface area contributed by atoms with Gasteiger partial charge in [-0.15, -0.1) is 0 Å². The van der Waals surface area contributed by atoms with Crippen molar-refractivity contribution in [3.63, 3.8) is 0 Å². The van der Waals surface area contributed by atoms with Crippen LogP contribution in [0.15, 0.2) is 18.2 Å². The van der Waals surface area contributed by atoms with Crippen LogP contribution in [-0.2, 0) is 14.3 Å². The molecule has 1 heterocycles. The van der Waals surface area contributed by atoms with Gasteiger partial charge in [-0.1, -0.05) is 25.3 Å². The maximum atomic E-state index is 13.3. The third kappa shape index (κ3) is 2.38. The summed E-state index contributed by atoms with van der Waals surface area (Å²) in [4.78, 5) is 26.0. The van der Waals surface area contributed by atoms with Crippen LogP contribution in [0.3, 0.4) is 0 Å². The molecule has 1 atom stereocenters. The Morgan fingerprint density at radius 3 is 2.46 bits per heavy atom. The summed E-state index contributed by atoms with van der Waals surface area (Å²) < 4.78 is 10.9. The van der Waals surface area contributed by atoms with Crippen LogP contribution < -0.4 is 4.74 Å². The second kappa shape index (κ2) is 5.80. The van der Waals surface area contributed by atoms with Crippen molar-refractivity contribution in [3.05, 3.63) is 23.8 Å². The van der Waals surface area contributed by atoms with Crippen molar-refractivity contribution >= 4 is 11.8 Å². The maximum Gasteiger partial charge on any atom is 0.320 e. The summed E-state index contributed by atoms with van der Waals surface area (Å²) in [5.74, 6) is -0.118. The molecule has 1 N–H and O–H groups in total. The zero-order valence-corrected chi connectivity index (χ0v) is 14.4. The summed E-state index contributed by atoms with van der Waals surface area (Å²) in [6.07, 6.45) is 3.31. The van der Waals surface area contributed by atoms with Crippen LogP contribution in [0.1, 0.15) is 57.6 Å². The zero-order valence-electron chi connectivity index (χ0n) is 14.4. The number of phenols is 1. The average molecular weight is 332 g/mol. The molecule has 130 valence electrons. The highest BCUT2D eigenvalue weighted by atomic mass is 16.5. The molecule has 1 aromatic rings. The quantitative estimate of drug-likeness (QED) is 0.662. The minimum absolute atomic E-state index is 0.0104. The van der Waals surface area contributed by atoms with Gasteiger partial charge < -0.3 is 14.6 Å². The van der Waals surface area contributed by atoms with Gasteiger partial charge in [-0.05, 0) is 44.4 Å². The summed E-state index contributed by atoms with van der Waals surface area (Å²) in [5, 5.41) is 9.77. The second-order valence-corrected chi connectivity index (χ2v) is 7.41. The van der Waals surface area contributed by atoms with Crippen LogP contribution in [0.4, 0.5) is 0 Å². The van der Waals surface area contributed by atoms with Gasteiger partial charge in [-0.2, -0.15) is 0 Å². The van der Waals surface area contributed by atoms with E-state index < -0.39 is 22.9 Å². The van der Waals surface area contributed by atoms with Crippen LogP contribution >= 0.6 is 0 Å². The van der Waals surface area contributed by atoms with Crippen LogP contribution in [0.25, 0.3) is 0 Å². The molecule has 1 aliphatic carbocycles. The van der Waals surface area contributed by atoms with Gasteiger partial charge in [0.05, 0.1) is 12.5 Å². The van der Waals surface area contributed by atoms with Gasteiger partial charge in [0.15, 0.2) is 17.3 Å². The molecule has 0 unspecified atom stereocenters. The number of ether oxygens (including phenoxy) is 2. The van der Waals surface area contributed by atoms with E-state index in [9.17, 15) is 14.7 Å². The van der Waals surface area contributed by atoms with E-state index in [1.807, 2.05) is 13.8 Å². The van der Waals surface area contributed by atoms with Gasteiger partial charge in [0.1, 0.15) is 11.5 Å². The number of methoxy groups -OCH3 is 1. The van der Waals surface area contributed by atoms with E-state index in [1.165, 1.54) is 13.2 Å². The second-order valence-electron chi connectivity index (χ2n) is 7.41. The molecule has 3 rings (SSSR count). The van der Waals surface area contributed by atoms with Crippen LogP contribution in [0, 0.1) is 10.8 Å². The number of Topliss-reactive ketones (excluding diaryl/α,β-unsaturated/α-hetero) is 1. The van der Waals surface area contributed by atoms with Crippen LogP contribution in [0.2, 0.25) is 0 Å². The summed E-state index contributed by atoms with van der Waals surface area (Å²) in [5.41, 5.74) is -1.14. The first-order chi connectivity index (χ1) is 11.3. The van der Waals surface area contributed by atoms with E-state index >= 15 is 0 Å². The SMILES string of the molecule is COc1cc([C@H]2OC(=O)C3(CCCCC3)C(=O)C2(C)C)ccc1O. The minimum Gasteiger partial charge on any atom is -0.504 e. The Hall–Kier alpha value is -2.04. The predicted octanol–water partition coefficient (Wildman–Crippen LogP) is 3.54. The third-order valence-corrected chi connectivity index (χ3v) is 5.50. The average Bonchev–Trinajstić information content (AvgIpc) is 2.58. The number of phenolic OH excluding ortho intramolecular Hbond substituents is 1. The highest BCUT2D eigenvalue weighted by Crippen LogP contribution is 2.53. The normalized spacial score (nSPS) is 25.4. The van der Waals surface area contributed by atoms with E-state index in [0.717, 1.165) is 19.3 Å². The van der Waals surface area contributed by atoms with Gasteiger partial charge in [-0.3, -0.25) is 9.59 Å². The lowest BCUT2D eigenvalue weighted by atomic mass is 9.60. The molecule has 2 fully saturated rings. The Balaban J connectivity index is 2.00. The highest BCUT2D eigenvalue weighted by Gasteiger charge is 2.60. The van der Waals surface area contributed by atoms with Crippen molar-refractivity contribution in [1.82, 2.24) is 0 Å². The van der Waals surface area contributed by atoms with Crippen molar-refractivity contribution in [2.24, 2.45) is 10.8 Å². The predicted molar refractivity (Wildman–Crippen MR) is 87.8 cm³/mol. The molecule has 1 saturated carbocycles. The molecule has 1 saturated heterocycles.